The first kappa shape index (κ1) is 21.1. The number of esters is 2. The standard InChI is InChI=1S/C19H16N2O8S/c1-4-28-18(24)12-9(3)14(19(25)29-5-2)30-17(12)20-15(22)10-7-6-8-11(21(26)27)13(10)16(20)23/h6-8H,4-5H2,1-3H3. The minimum atomic E-state index is -0.954. The number of amides is 2. The van der Waals surface area contributed by atoms with Crippen molar-refractivity contribution in [2.24, 2.45) is 0 Å². The molecule has 2 heterocycles. The van der Waals surface area contributed by atoms with Crippen molar-refractivity contribution in [2.75, 3.05) is 18.1 Å². The van der Waals surface area contributed by atoms with Crippen LogP contribution in [0.1, 0.15) is 60.2 Å². The lowest BCUT2D eigenvalue weighted by molar-refractivity contribution is -0.385. The summed E-state index contributed by atoms with van der Waals surface area (Å²) in [5.41, 5.74) is -0.997. The van der Waals surface area contributed by atoms with Crippen LogP contribution in [0.25, 0.3) is 0 Å². The van der Waals surface area contributed by atoms with Gasteiger partial charge in [-0.05, 0) is 32.4 Å². The molecule has 0 N–H and O–H groups in total. The van der Waals surface area contributed by atoms with E-state index in [-0.39, 0.29) is 45.3 Å². The number of anilines is 1. The molecule has 0 saturated heterocycles. The van der Waals surface area contributed by atoms with E-state index in [1.807, 2.05) is 0 Å². The molecule has 11 heteroatoms. The van der Waals surface area contributed by atoms with Crippen molar-refractivity contribution in [3.63, 3.8) is 0 Å². The highest BCUT2D eigenvalue weighted by atomic mass is 32.1. The van der Waals surface area contributed by atoms with E-state index in [0.29, 0.717) is 4.90 Å². The number of ether oxygens (including phenoxy) is 2. The van der Waals surface area contributed by atoms with E-state index in [0.717, 1.165) is 17.4 Å². The number of nitro benzene ring substituents is 1. The second-order valence-corrected chi connectivity index (χ2v) is 7.08. The van der Waals surface area contributed by atoms with Gasteiger partial charge >= 0.3 is 11.9 Å². The molecule has 0 radical (unpaired) electrons. The molecule has 0 atom stereocenters. The molecule has 30 heavy (non-hydrogen) atoms. The highest BCUT2D eigenvalue weighted by Gasteiger charge is 2.45. The van der Waals surface area contributed by atoms with Crippen molar-refractivity contribution in [3.8, 4) is 0 Å². The number of nitro groups is 1. The third-order valence-electron chi connectivity index (χ3n) is 4.36. The quantitative estimate of drug-likeness (QED) is 0.294. The SMILES string of the molecule is CCOC(=O)c1sc(N2C(=O)c3cccc([N+](=O)[O-])c3C2=O)c(C(=O)OCC)c1C. The first-order valence-electron chi connectivity index (χ1n) is 8.88. The van der Waals surface area contributed by atoms with Gasteiger partial charge in [0.05, 0.1) is 29.3 Å². The minimum absolute atomic E-state index is 0.0237. The average molecular weight is 432 g/mol. The van der Waals surface area contributed by atoms with E-state index in [2.05, 4.69) is 0 Å². The summed E-state index contributed by atoms with van der Waals surface area (Å²) in [6, 6.07) is 3.70. The molecule has 0 unspecified atom stereocenters. The topological polar surface area (TPSA) is 133 Å². The Morgan fingerprint density at radius 2 is 1.73 bits per heavy atom. The molecule has 2 amide bonds. The van der Waals surface area contributed by atoms with Crippen LogP contribution in [0.2, 0.25) is 0 Å². The second-order valence-electron chi connectivity index (χ2n) is 6.08. The van der Waals surface area contributed by atoms with Gasteiger partial charge in [0.1, 0.15) is 15.4 Å². The van der Waals surface area contributed by atoms with Gasteiger partial charge in [-0.3, -0.25) is 19.7 Å². The molecule has 1 aromatic heterocycles. The number of fused-ring (bicyclic) bond motifs is 1. The monoisotopic (exact) mass is 432 g/mol. The first-order valence-corrected chi connectivity index (χ1v) is 9.69. The van der Waals surface area contributed by atoms with Crippen LogP contribution in [-0.4, -0.2) is 41.9 Å². The van der Waals surface area contributed by atoms with Crippen molar-refractivity contribution in [2.45, 2.75) is 20.8 Å². The van der Waals surface area contributed by atoms with Gasteiger partial charge in [-0.1, -0.05) is 6.07 Å². The summed E-state index contributed by atoms with van der Waals surface area (Å²) in [6.07, 6.45) is 0. The third kappa shape index (κ3) is 3.22. The molecule has 1 aliphatic heterocycles. The number of carbonyl (C=O) groups excluding carboxylic acids is 4. The van der Waals surface area contributed by atoms with Gasteiger partial charge in [-0.2, -0.15) is 0 Å². The highest BCUT2D eigenvalue weighted by molar-refractivity contribution is 7.19. The van der Waals surface area contributed by atoms with E-state index in [4.69, 9.17) is 9.47 Å². The van der Waals surface area contributed by atoms with Crippen molar-refractivity contribution in [3.05, 3.63) is 55.4 Å². The van der Waals surface area contributed by atoms with Gasteiger partial charge in [0.15, 0.2) is 0 Å². The van der Waals surface area contributed by atoms with Crippen LogP contribution in [0.15, 0.2) is 18.2 Å². The second kappa shape index (κ2) is 8.03. The number of thiophene rings is 1. The van der Waals surface area contributed by atoms with Gasteiger partial charge in [-0.25, -0.2) is 14.5 Å². The molecule has 0 saturated carbocycles. The van der Waals surface area contributed by atoms with E-state index in [1.54, 1.807) is 13.8 Å². The maximum atomic E-state index is 13.0. The zero-order chi connectivity index (χ0) is 22.2. The van der Waals surface area contributed by atoms with Crippen molar-refractivity contribution >= 4 is 45.8 Å². The lowest BCUT2D eigenvalue weighted by Gasteiger charge is -2.13. The Bertz CT molecular complexity index is 1100. The molecule has 1 aliphatic rings. The minimum Gasteiger partial charge on any atom is -0.462 e. The normalized spacial score (nSPS) is 12.7. The van der Waals surface area contributed by atoms with Gasteiger partial charge in [0, 0.05) is 6.07 Å². The molecule has 3 rings (SSSR count). The highest BCUT2D eigenvalue weighted by Crippen LogP contribution is 2.42. The van der Waals surface area contributed by atoms with Crippen LogP contribution in [0.4, 0.5) is 10.7 Å². The summed E-state index contributed by atoms with van der Waals surface area (Å²) in [4.78, 5) is 62.1. The lowest BCUT2D eigenvalue weighted by atomic mass is 10.1. The van der Waals surface area contributed by atoms with Gasteiger partial charge < -0.3 is 9.47 Å². The zero-order valence-electron chi connectivity index (χ0n) is 16.2. The first-order chi connectivity index (χ1) is 14.2. The summed E-state index contributed by atoms with van der Waals surface area (Å²) in [7, 11) is 0. The number of hydrogen-bond donors (Lipinski definition) is 0. The zero-order valence-corrected chi connectivity index (χ0v) is 17.0. The van der Waals surface area contributed by atoms with E-state index >= 15 is 0 Å². The number of nitrogens with zero attached hydrogens (tertiary/aromatic N) is 2. The van der Waals surface area contributed by atoms with Gasteiger partial charge in [-0.15, -0.1) is 11.3 Å². The Morgan fingerprint density at radius 1 is 1.10 bits per heavy atom. The Labute approximate surface area is 174 Å². The van der Waals surface area contributed by atoms with Crippen LogP contribution in [-0.2, 0) is 9.47 Å². The van der Waals surface area contributed by atoms with E-state index in [9.17, 15) is 29.3 Å². The Hall–Kier alpha value is -3.60. The van der Waals surface area contributed by atoms with Crippen molar-refractivity contribution in [1.29, 1.82) is 0 Å². The molecular weight excluding hydrogens is 416 g/mol. The van der Waals surface area contributed by atoms with Crippen LogP contribution in [0, 0.1) is 17.0 Å². The number of benzene rings is 1. The molecule has 1 aromatic carbocycles. The predicted molar refractivity (Wildman–Crippen MR) is 105 cm³/mol. The molecule has 10 nitrogen and oxygen atoms in total. The third-order valence-corrected chi connectivity index (χ3v) is 5.62. The fourth-order valence-corrected chi connectivity index (χ4v) is 4.28. The Balaban J connectivity index is 2.21. The number of hydrogen-bond acceptors (Lipinski definition) is 9. The number of rotatable bonds is 6. The van der Waals surface area contributed by atoms with Crippen LogP contribution >= 0.6 is 11.3 Å². The molecule has 2 aromatic rings. The molecule has 156 valence electrons. The van der Waals surface area contributed by atoms with Gasteiger partial charge in [0.2, 0.25) is 0 Å². The molecule has 0 aliphatic carbocycles. The van der Waals surface area contributed by atoms with E-state index in [1.165, 1.54) is 19.1 Å². The summed E-state index contributed by atoms with van der Waals surface area (Å²) in [6.45, 7) is 4.77. The van der Waals surface area contributed by atoms with Crippen LogP contribution < -0.4 is 4.90 Å². The number of imide groups is 1. The maximum Gasteiger partial charge on any atom is 0.348 e. The van der Waals surface area contributed by atoms with E-state index < -0.39 is 34.4 Å². The predicted octanol–water partition coefficient (Wildman–Crippen LogP) is 3.12. The van der Waals surface area contributed by atoms with Crippen LogP contribution in [0.3, 0.4) is 0 Å². The molecule has 0 spiro atoms. The smallest absolute Gasteiger partial charge is 0.348 e. The fourth-order valence-electron chi connectivity index (χ4n) is 3.09. The average Bonchev–Trinajstić information content (AvgIpc) is 3.16. The largest absolute Gasteiger partial charge is 0.462 e. The summed E-state index contributed by atoms with van der Waals surface area (Å²) in [5, 5.41) is 11.2. The lowest BCUT2D eigenvalue weighted by Crippen LogP contribution is -2.30. The van der Waals surface area contributed by atoms with Crippen LogP contribution in [0.5, 0.6) is 0 Å². The van der Waals surface area contributed by atoms with Gasteiger partial charge in [0.25, 0.3) is 17.5 Å². The molecular formula is C19H16N2O8S. The summed E-state index contributed by atoms with van der Waals surface area (Å²) >= 11 is 0.717. The number of carbonyl (C=O) groups is 4. The maximum absolute atomic E-state index is 13.0. The van der Waals surface area contributed by atoms with Crippen molar-refractivity contribution < 1.29 is 33.6 Å². The Kier molecular flexibility index (Phi) is 5.65. The fraction of sp³-hybridized carbons (Fsp3) is 0.263. The molecule has 0 bridgehead atoms. The summed E-state index contributed by atoms with van der Waals surface area (Å²) in [5.74, 6) is -3.34. The van der Waals surface area contributed by atoms with Crippen molar-refractivity contribution in [1.82, 2.24) is 0 Å². The summed E-state index contributed by atoms with van der Waals surface area (Å²) < 4.78 is 10.0. The Morgan fingerprint density at radius 3 is 2.33 bits per heavy atom. The molecule has 0 fully saturated rings.